The van der Waals surface area contributed by atoms with Crippen LogP contribution in [0.5, 0.6) is 0 Å². The van der Waals surface area contributed by atoms with Crippen LogP contribution in [0, 0.1) is 0 Å². The molecule has 0 atom stereocenters. The summed E-state index contributed by atoms with van der Waals surface area (Å²) < 4.78 is 0.782. The van der Waals surface area contributed by atoms with Gasteiger partial charge in [-0.25, -0.2) is 4.98 Å². The molecule has 0 fully saturated rings. The Bertz CT molecular complexity index is 1020. The molecule has 0 saturated carbocycles. The molecule has 0 saturated heterocycles. The van der Waals surface area contributed by atoms with Gasteiger partial charge in [-0.3, -0.25) is 14.9 Å². The molecule has 29 heavy (non-hydrogen) atoms. The molecule has 2 aromatic carbocycles. The Balaban J connectivity index is 1.61. The van der Waals surface area contributed by atoms with E-state index in [4.69, 9.17) is 11.6 Å². The molecule has 3 rings (SSSR count). The minimum absolute atomic E-state index is 0.00561. The van der Waals surface area contributed by atoms with E-state index in [-0.39, 0.29) is 11.8 Å². The molecule has 0 radical (unpaired) electrons. The van der Waals surface area contributed by atoms with Crippen molar-refractivity contribution in [2.45, 2.75) is 19.8 Å². The predicted octanol–water partition coefficient (Wildman–Crippen LogP) is 5.55. The highest BCUT2D eigenvalue weighted by Crippen LogP contribution is 2.27. The van der Waals surface area contributed by atoms with Gasteiger partial charge in [0.05, 0.1) is 16.3 Å². The number of halogens is 2. The Morgan fingerprint density at radius 3 is 2.66 bits per heavy atom. The lowest BCUT2D eigenvalue weighted by Gasteiger charge is -2.05. The number of aromatic nitrogens is 1. The maximum atomic E-state index is 12.5. The Morgan fingerprint density at radius 2 is 1.93 bits per heavy atom. The molecule has 2 N–H and O–H groups in total. The number of nitrogens with one attached hydrogen (secondary N) is 2. The van der Waals surface area contributed by atoms with Crippen LogP contribution in [0.3, 0.4) is 0 Å². The smallest absolute Gasteiger partial charge is 0.258 e. The van der Waals surface area contributed by atoms with Crippen LogP contribution in [-0.4, -0.2) is 23.3 Å². The second-order valence-electron chi connectivity index (χ2n) is 6.40. The van der Waals surface area contributed by atoms with E-state index in [1.54, 1.807) is 18.2 Å². The van der Waals surface area contributed by atoms with E-state index in [9.17, 15) is 9.59 Å². The number of hydrogen-bond donors (Lipinski definition) is 2. The summed E-state index contributed by atoms with van der Waals surface area (Å²) in [6.07, 6.45) is 1.79. The van der Waals surface area contributed by atoms with Crippen LogP contribution in [0.2, 0.25) is 5.02 Å². The number of aryl methyl sites for hydroxylation is 1. The minimum atomic E-state index is -0.299. The molecule has 2 amide bonds. The first-order valence-corrected chi connectivity index (χ1v) is 11.0. The second kappa shape index (κ2) is 10.0. The third-order valence-corrected chi connectivity index (χ3v) is 5.74. The van der Waals surface area contributed by atoms with Crippen LogP contribution in [0.1, 0.15) is 29.3 Å². The number of benzene rings is 2. The van der Waals surface area contributed by atoms with Crippen molar-refractivity contribution in [2.24, 2.45) is 0 Å². The Morgan fingerprint density at radius 1 is 1.17 bits per heavy atom. The largest absolute Gasteiger partial charge is 0.356 e. The van der Waals surface area contributed by atoms with Gasteiger partial charge in [-0.15, -0.1) is 11.3 Å². The lowest BCUT2D eigenvalue weighted by molar-refractivity contribution is -0.118. The molecule has 0 spiro atoms. The molecule has 0 aliphatic carbocycles. The van der Waals surface area contributed by atoms with Crippen LogP contribution >= 0.6 is 38.9 Å². The van der Waals surface area contributed by atoms with Gasteiger partial charge in [-0.05, 0) is 36.6 Å². The van der Waals surface area contributed by atoms with Gasteiger partial charge in [-0.1, -0.05) is 51.8 Å². The number of amides is 2. The topological polar surface area (TPSA) is 71.1 Å². The Kier molecular flexibility index (Phi) is 7.41. The van der Waals surface area contributed by atoms with E-state index in [0.29, 0.717) is 22.3 Å². The van der Waals surface area contributed by atoms with E-state index in [2.05, 4.69) is 43.7 Å². The number of carbonyl (C=O) groups is 2. The van der Waals surface area contributed by atoms with Gasteiger partial charge in [-0.2, -0.15) is 0 Å². The Labute approximate surface area is 186 Å². The van der Waals surface area contributed by atoms with Crippen molar-refractivity contribution in [1.82, 2.24) is 10.3 Å². The fourth-order valence-electron chi connectivity index (χ4n) is 2.70. The quantitative estimate of drug-likeness (QED) is 0.425. The van der Waals surface area contributed by atoms with Crippen molar-refractivity contribution in [3.05, 3.63) is 68.5 Å². The number of anilines is 1. The summed E-state index contributed by atoms with van der Waals surface area (Å²) in [4.78, 5) is 27.9. The Hall–Kier alpha value is -2.22. The molecule has 0 bridgehead atoms. The zero-order valence-electron chi connectivity index (χ0n) is 15.7. The van der Waals surface area contributed by atoms with E-state index >= 15 is 0 Å². The van der Waals surface area contributed by atoms with Gasteiger partial charge in [0.25, 0.3) is 5.91 Å². The highest BCUT2D eigenvalue weighted by Gasteiger charge is 2.13. The van der Waals surface area contributed by atoms with Crippen molar-refractivity contribution in [3.8, 4) is 11.3 Å². The molecule has 8 heteroatoms. The van der Waals surface area contributed by atoms with Crippen LogP contribution in [0.15, 0.2) is 52.3 Å². The molecular weight excluding hydrogens is 474 g/mol. The standard InChI is InChI=1S/C21H19BrClN3O2S/c1-13(27)24-10-2-3-14-4-6-15(7-5-14)19-12-29-21(25-19)26-20(28)17-11-16(22)8-9-18(17)23/h4-9,11-12H,2-3,10H2,1H3,(H,24,27)(H,25,26,28). The zero-order chi connectivity index (χ0) is 20.8. The van der Waals surface area contributed by atoms with Gasteiger partial charge in [0.2, 0.25) is 5.91 Å². The van der Waals surface area contributed by atoms with Crippen LogP contribution in [0.4, 0.5) is 5.13 Å². The highest BCUT2D eigenvalue weighted by molar-refractivity contribution is 9.10. The third-order valence-electron chi connectivity index (χ3n) is 4.16. The molecule has 0 aliphatic rings. The summed E-state index contributed by atoms with van der Waals surface area (Å²) in [5, 5.41) is 8.40. The fourth-order valence-corrected chi connectivity index (χ4v) is 3.98. The molecule has 1 aromatic heterocycles. The maximum Gasteiger partial charge on any atom is 0.258 e. The van der Waals surface area contributed by atoms with Crippen LogP contribution in [0.25, 0.3) is 11.3 Å². The molecule has 1 heterocycles. The first-order valence-electron chi connectivity index (χ1n) is 8.98. The summed E-state index contributed by atoms with van der Waals surface area (Å²) >= 11 is 10.8. The van der Waals surface area contributed by atoms with Crippen molar-refractivity contribution in [1.29, 1.82) is 0 Å². The van der Waals surface area contributed by atoms with Crippen molar-refractivity contribution >= 4 is 55.8 Å². The van der Waals surface area contributed by atoms with Gasteiger partial charge in [0, 0.05) is 28.9 Å². The minimum Gasteiger partial charge on any atom is -0.356 e. The van der Waals surface area contributed by atoms with E-state index < -0.39 is 0 Å². The third kappa shape index (κ3) is 6.13. The zero-order valence-corrected chi connectivity index (χ0v) is 18.8. The van der Waals surface area contributed by atoms with E-state index in [1.807, 2.05) is 17.5 Å². The van der Waals surface area contributed by atoms with Gasteiger partial charge in [0.1, 0.15) is 0 Å². The molecule has 0 unspecified atom stereocenters. The van der Waals surface area contributed by atoms with Crippen LogP contribution < -0.4 is 10.6 Å². The summed E-state index contributed by atoms with van der Waals surface area (Å²) in [5.41, 5.74) is 3.37. The first-order chi connectivity index (χ1) is 13.9. The maximum absolute atomic E-state index is 12.5. The van der Waals surface area contributed by atoms with Crippen molar-refractivity contribution in [2.75, 3.05) is 11.9 Å². The normalized spacial score (nSPS) is 10.6. The average molecular weight is 493 g/mol. The molecule has 5 nitrogen and oxygen atoms in total. The molecule has 150 valence electrons. The van der Waals surface area contributed by atoms with Crippen molar-refractivity contribution < 1.29 is 9.59 Å². The van der Waals surface area contributed by atoms with Gasteiger partial charge in [0.15, 0.2) is 5.13 Å². The van der Waals surface area contributed by atoms with Crippen LogP contribution in [-0.2, 0) is 11.2 Å². The first kappa shape index (κ1) is 21.5. The average Bonchev–Trinajstić information content (AvgIpc) is 3.16. The molecule has 0 aliphatic heterocycles. The summed E-state index contributed by atoms with van der Waals surface area (Å²) in [6.45, 7) is 2.20. The lowest BCUT2D eigenvalue weighted by Crippen LogP contribution is -2.21. The SMILES string of the molecule is CC(=O)NCCCc1ccc(-c2csc(NC(=O)c3cc(Br)ccc3Cl)n2)cc1. The number of thiazole rings is 1. The molecule has 3 aromatic rings. The summed E-state index contributed by atoms with van der Waals surface area (Å²) in [6, 6.07) is 13.3. The summed E-state index contributed by atoms with van der Waals surface area (Å²) in [5.74, 6) is -0.305. The summed E-state index contributed by atoms with van der Waals surface area (Å²) in [7, 11) is 0. The van der Waals surface area contributed by atoms with E-state index in [1.165, 1.54) is 23.8 Å². The van der Waals surface area contributed by atoms with E-state index in [0.717, 1.165) is 28.6 Å². The van der Waals surface area contributed by atoms with Gasteiger partial charge >= 0.3 is 0 Å². The fraction of sp³-hybridized carbons (Fsp3) is 0.190. The second-order valence-corrected chi connectivity index (χ2v) is 8.58. The van der Waals surface area contributed by atoms with Gasteiger partial charge < -0.3 is 5.32 Å². The van der Waals surface area contributed by atoms with Crippen molar-refractivity contribution in [3.63, 3.8) is 0 Å². The lowest BCUT2D eigenvalue weighted by atomic mass is 10.1. The number of nitrogens with zero attached hydrogens (tertiary/aromatic N) is 1. The number of carbonyl (C=O) groups excluding carboxylic acids is 2. The number of rotatable bonds is 7. The monoisotopic (exact) mass is 491 g/mol. The number of hydrogen-bond acceptors (Lipinski definition) is 4. The predicted molar refractivity (Wildman–Crippen MR) is 122 cm³/mol. The molecular formula is C21H19BrClN3O2S. The highest BCUT2D eigenvalue weighted by atomic mass is 79.9.